The fraction of sp³-hybridized carbons (Fsp3) is 0.667. The molecule has 1 aromatic heterocycles. The molecular formula is C12H18BrNOS. The zero-order chi connectivity index (χ0) is 11.4. The third-order valence-electron chi connectivity index (χ3n) is 2.94. The van der Waals surface area contributed by atoms with Crippen LogP contribution in [0.5, 0.6) is 0 Å². The van der Waals surface area contributed by atoms with E-state index < -0.39 is 0 Å². The van der Waals surface area contributed by atoms with Crippen molar-refractivity contribution >= 4 is 27.3 Å². The molecule has 90 valence electrons. The first-order valence-corrected chi connectivity index (χ1v) is 7.58. The van der Waals surface area contributed by atoms with Gasteiger partial charge in [-0.15, -0.1) is 11.3 Å². The molecule has 1 N–H and O–H groups in total. The first-order chi connectivity index (χ1) is 7.83. The monoisotopic (exact) mass is 303 g/mol. The molecule has 4 heteroatoms. The van der Waals surface area contributed by atoms with Crippen LogP contribution in [0.4, 0.5) is 0 Å². The van der Waals surface area contributed by atoms with Crippen molar-refractivity contribution in [3.8, 4) is 0 Å². The molecule has 2 rings (SSSR count). The number of likely N-dealkylation sites (N-methyl/N-ethyl adjacent to an activating group) is 1. The van der Waals surface area contributed by atoms with Gasteiger partial charge in [-0.3, -0.25) is 0 Å². The van der Waals surface area contributed by atoms with E-state index in [-0.39, 0.29) is 0 Å². The molecule has 2 heterocycles. The molecule has 2 nitrogen and oxygen atoms in total. The number of halogens is 1. The molecule has 0 aromatic carbocycles. The highest BCUT2D eigenvalue weighted by Crippen LogP contribution is 2.34. The third-order valence-corrected chi connectivity index (χ3v) is 4.89. The number of rotatable bonds is 4. The summed E-state index contributed by atoms with van der Waals surface area (Å²) in [6, 6.07) is 2.47. The largest absolute Gasteiger partial charge is 0.376 e. The molecule has 2 atom stereocenters. The maximum absolute atomic E-state index is 5.89. The van der Waals surface area contributed by atoms with E-state index in [9.17, 15) is 0 Å². The molecular weight excluding hydrogens is 286 g/mol. The minimum Gasteiger partial charge on any atom is -0.376 e. The van der Waals surface area contributed by atoms with Gasteiger partial charge in [0.05, 0.1) is 12.1 Å². The van der Waals surface area contributed by atoms with E-state index in [4.69, 9.17) is 4.74 Å². The van der Waals surface area contributed by atoms with Gasteiger partial charge in [-0.25, -0.2) is 0 Å². The molecule has 1 saturated heterocycles. The van der Waals surface area contributed by atoms with Gasteiger partial charge >= 0.3 is 0 Å². The van der Waals surface area contributed by atoms with Gasteiger partial charge in [0.2, 0.25) is 0 Å². The summed E-state index contributed by atoms with van der Waals surface area (Å²) < 4.78 is 7.10. The van der Waals surface area contributed by atoms with Gasteiger partial charge in [0.15, 0.2) is 0 Å². The number of thiophene rings is 1. The molecule has 2 unspecified atom stereocenters. The van der Waals surface area contributed by atoms with Gasteiger partial charge in [-0.1, -0.05) is 6.92 Å². The van der Waals surface area contributed by atoms with E-state index in [0.717, 1.165) is 13.2 Å². The Hall–Kier alpha value is 0.1000. The maximum atomic E-state index is 5.89. The zero-order valence-electron chi connectivity index (χ0n) is 9.54. The highest BCUT2D eigenvalue weighted by Gasteiger charge is 2.27. The summed E-state index contributed by atoms with van der Waals surface area (Å²) in [5.74, 6) is 0. The summed E-state index contributed by atoms with van der Waals surface area (Å²) >= 11 is 5.42. The SMILES string of the molecule is CCNC(c1sccc1Br)C1CCCCO1. The standard InChI is InChI=1S/C12H18BrNOS/c1-2-14-11(10-5-3-4-7-15-10)12-9(13)6-8-16-12/h6,8,10-11,14H,2-5,7H2,1H3. The molecule has 1 aromatic rings. The minimum atomic E-state index is 0.337. The van der Waals surface area contributed by atoms with Gasteiger partial charge in [0.1, 0.15) is 0 Å². The van der Waals surface area contributed by atoms with Gasteiger partial charge in [0, 0.05) is 16.0 Å². The normalized spacial score (nSPS) is 23.2. The Balaban J connectivity index is 2.12. The lowest BCUT2D eigenvalue weighted by molar-refractivity contribution is -0.00725. The lowest BCUT2D eigenvalue weighted by Crippen LogP contribution is -2.35. The van der Waals surface area contributed by atoms with Crippen molar-refractivity contribution in [3.63, 3.8) is 0 Å². The zero-order valence-corrected chi connectivity index (χ0v) is 11.9. The molecule has 0 aliphatic carbocycles. The minimum absolute atomic E-state index is 0.337. The van der Waals surface area contributed by atoms with Crippen LogP contribution in [0.3, 0.4) is 0 Å². The number of hydrogen-bond donors (Lipinski definition) is 1. The summed E-state index contributed by atoms with van der Waals surface area (Å²) in [6.45, 7) is 4.04. The Kier molecular flexibility index (Phi) is 4.82. The molecule has 0 amide bonds. The second-order valence-electron chi connectivity index (χ2n) is 4.07. The Morgan fingerprint density at radius 2 is 2.50 bits per heavy atom. The Labute approximate surface area is 110 Å². The van der Waals surface area contributed by atoms with Crippen LogP contribution in [0.1, 0.15) is 37.1 Å². The van der Waals surface area contributed by atoms with E-state index in [1.807, 2.05) is 0 Å². The predicted octanol–water partition coefficient (Wildman–Crippen LogP) is 3.73. The van der Waals surface area contributed by atoms with Crippen LogP contribution >= 0.6 is 27.3 Å². The first kappa shape index (κ1) is 12.6. The van der Waals surface area contributed by atoms with Crippen LogP contribution < -0.4 is 5.32 Å². The summed E-state index contributed by atoms with van der Waals surface area (Å²) in [7, 11) is 0. The van der Waals surface area contributed by atoms with Crippen LogP contribution in [-0.2, 0) is 4.74 Å². The van der Waals surface area contributed by atoms with E-state index in [2.05, 4.69) is 39.6 Å². The van der Waals surface area contributed by atoms with E-state index in [0.29, 0.717) is 12.1 Å². The number of hydrogen-bond acceptors (Lipinski definition) is 3. The molecule has 0 saturated carbocycles. The molecule has 1 aliphatic rings. The molecule has 16 heavy (non-hydrogen) atoms. The Morgan fingerprint density at radius 1 is 1.62 bits per heavy atom. The third kappa shape index (κ3) is 2.86. The fourth-order valence-electron chi connectivity index (χ4n) is 2.17. The van der Waals surface area contributed by atoms with E-state index in [1.165, 1.54) is 28.6 Å². The summed E-state index contributed by atoms with van der Waals surface area (Å²) in [5.41, 5.74) is 0. The smallest absolute Gasteiger partial charge is 0.0778 e. The van der Waals surface area contributed by atoms with Crippen LogP contribution in [0.2, 0.25) is 0 Å². The van der Waals surface area contributed by atoms with Gasteiger partial charge in [-0.2, -0.15) is 0 Å². The molecule has 0 radical (unpaired) electrons. The number of ether oxygens (including phenoxy) is 1. The quantitative estimate of drug-likeness (QED) is 0.915. The molecule has 1 fully saturated rings. The number of nitrogens with one attached hydrogen (secondary N) is 1. The first-order valence-electron chi connectivity index (χ1n) is 5.90. The van der Waals surface area contributed by atoms with Gasteiger partial charge in [-0.05, 0) is 53.2 Å². The highest BCUT2D eigenvalue weighted by molar-refractivity contribution is 9.10. The van der Waals surface area contributed by atoms with Crippen molar-refractivity contribution in [2.45, 2.75) is 38.3 Å². The molecule has 1 aliphatic heterocycles. The van der Waals surface area contributed by atoms with Gasteiger partial charge in [0.25, 0.3) is 0 Å². The second-order valence-corrected chi connectivity index (χ2v) is 5.88. The Bertz CT molecular complexity index is 323. The van der Waals surface area contributed by atoms with Crippen LogP contribution in [0.25, 0.3) is 0 Å². The molecule has 0 bridgehead atoms. The summed E-state index contributed by atoms with van der Waals surface area (Å²) in [6.07, 6.45) is 4.00. The topological polar surface area (TPSA) is 21.3 Å². The van der Waals surface area contributed by atoms with Crippen molar-refractivity contribution in [1.82, 2.24) is 5.32 Å². The second kappa shape index (κ2) is 6.15. The van der Waals surface area contributed by atoms with Crippen molar-refractivity contribution in [1.29, 1.82) is 0 Å². The van der Waals surface area contributed by atoms with Crippen molar-refractivity contribution in [3.05, 3.63) is 20.8 Å². The fourth-order valence-corrected chi connectivity index (χ4v) is 3.92. The van der Waals surface area contributed by atoms with Crippen molar-refractivity contribution in [2.24, 2.45) is 0 Å². The average Bonchev–Trinajstić information content (AvgIpc) is 2.73. The predicted molar refractivity (Wildman–Crippen MR) is 72.0 cm³/mol. The summed E-state index contributed by atoms with van der Waals surface area (Å²) in [5, 5.41) is 5.68. The van der Waals surface area contributed by atoms with E-state index in [1.54, 1.807) is 11.3 Å². The van der Waals surface area contributed by atoms with E-state index >= 15 is 0 Å². The lowest BCUT2D eigenvalue weighted by Gasteiger charge is -2.30. The van der Waals surface area contributed by atoms with Crippen LogP contribution in [0, 0.1) is 0 Å². The maximum Gasteiger partial charge on any atom is 0.0778 e. The van der Waals surface area contributed by atoms with Crippen molar-refractivity contribution < 1.29 is 4.74 Å². The highest BCUT2D eigenvalue weighted by atomic mass is 79.9. The van der Waals surface area contributed by atoms with Crippen LogP contribution in [-0.4, -0.2) is 19.3 Å². The van der Waals surface area contributed by atoms with Gasteiger partial charge < -0.3 is 10.1 Å². The summed E-state index contributed by atoms with van der Waals surface area (Å²) in [4.78, 5) is 1.37. The molecule has 0 spiro atoms. The Morgan fingerprint density at radius 3 is 3.06 bits per heavy atom. The van der Waals surface area contributed by atoms with Crippen LogP contribution in [0.15, 0.2) is 15.9 Å². The lowest BCUT2D eigenvalue weighted by atomic mass is 10.0. The average molecular weight is 304 g/mol. The van der Waals surface area contributed by atoms with Crippen molar-refractivity contribution in [2.75, 3.05) is 13.2 Å².